The monoisotopic (exact) mass is 450 g/mol. The lowest BCUT2D eigenvalue weighted by Gasteiger charge is -2.14. The Kier molecular flexibility index (Phi) is 7.52. The Balaban J connectivity index is 1.84. The average Bonchev–Trinajstić information content (AvgIpc) is 2.77. The van der Waals surface area contributed by atoms with Crippen molar-refractivity contribution in [2.75, 3.05) is 24.8 Å². The van der Waals surface area contributed by atoms with E-state index in [-0.39, 0.29) is 23.8 Å². The van der Waals surface area contributed by atoms with Crippen molar-refractivity contribution in [1.29, 1.82) is 5.26 Å². The molecule has 3 rings (SSSR count). The van der Waals surface area contributed by atoms with Crippen molar-refractivity contribution >= 4 is 23.4 Å². The number of anilines is 1. The number of thioether (sulfide) groups is 1. The minimum Gasteiger partial charge on any atom is -0.490 e. The van der Waals surface area contributed by atoms with Crippen molar-refractivity contribution in [3.8, 4) is 28.8 Å². The number of amides is 1. The summed E-state index contributed by atoms with van der Waals surface area (Å²) in [5, 5.41) is 12.6. The van der Waals surface area contributed by atoms with Crippen LogP contribution in [0.25, 0.3) is 11.3 Å². The van der Waals surface area contributed by atoms with E-state index in [4.69, 9.17) is 9.47 Å². The Hall–Kier alpha value is -3.77. The van der Waals surface area contributed by atoms with Crippen LogP contribution in [0.2, 0.25) is 0 Å². The molecule has 32 heavy (non-hydrogen) atoms. The molecule has 0 spiro atoms. The van der Waals surface area contributed by atoms with Crippen molar-refractivity contribution in [3.63, 3.8) is 0 Å². The minimum absolute atomic E-state index is 0.0866. The Morgan fingerprint density at radius 1 is 1.22 bits per heavy atom. The molecule has 0 aliphatic carbocycles. The van der Waals surface area contributed by atoms with Gasteiger partial charge in [-0.05, 0) is 56.0 Å². The third kappa shape index (κ3) is 5.47. The van der Waals surface area contributed by atoms with Gasteiger partial charge in [0.1, 0.15) is 11.6 Å². The maximum atomic E-state index is 12.3. The number of carbonyl (C=O) groups is 1. The van der Waals surface area contributed by atoms with Crippen LogP contribution in [0.4, 0.5) is 5.69 Å². The summed E-state index contributed by atoms with van der Waals surface area (Å²) in [5.41, 5.74) is 1.92. The number of ether oxygens (including phenoxy) is 2. The molecule has 8 nitrogen and oxygen atoms in total. The van der Waals surface area contributed by atoms with E-state index in [0.717, 1.165) is 5.56 Å². The lowest BCUT2D eigenvalue weighted by Crippen LogP contribution is -2.20. The zero-order chi connectivity index (χ0) is 23.1. The number of hydrogen-bond acceptors (Lipinski definition) is 7. The number of aromatic nitrogens is 2. The highest BCUT2D eigenvalue weighted by Crippen LogP contribution is 2.33. The van der Waals surface area contributed by atoms with E-state index in [1.807, 2.05) is 38.1 Å². The van der Waals surface area contributed by atoms with Crippen LogP contribution in [0.15, 0.2) is 52.4 Å². The number of nitriles is 1. The Bertz CT molecular complexity index is 1230. The predicted octanol–water partition coefficient (Wildman–Crippen LogP) is 3.76. The van der Waals surface area contributed by atoms with Gasteiger partial charge in [-0.1, -0.05) is 23.9 Å². The number of carbonyl (C=O) groups excluding carboxylic acids is 1. The summed E-state index contributed by atoms with van der Waals surface area (Å²) in [6, 6.07) is 14.3. The molecule has 1 amide bonds. The molecule has 0 saturated carbocycles. The molecule has 3 aromatic rings. The molecular weight excluding hydrogens is 428 g/mol. The normalized spacial score (nSPS) is 10.3. The average molecular weight is 451 g/mol. The highest BCUT2D eigenvalue weighted by molar-refractivity contribution is 7.98. The van der Waals surface area contributed by atoms with Gasteiger partial charge in [0.2, 0.25) is 0 Å². The summed E-state index contributed by atoms with van der Waals surface area (Å²) in [4.78, 5) is 31.4. The number of aromatic amines is 1. The van der Waals surface area contributed by atoms with Crippen molar-refractivity contribution in [3.05, 3.63) is 63.9 Å². The van der Waals surface area contributed by atoms with E-state index < -0.39 is 5.56 Å². The van der Waals surface area contributed by atoms with Crippen molar-refractivity contribution in [1.82, 2.24) is 9.97 Å². The molecule has 0 fully saturated rings. The topological polar surface area (TPSA) is 117 Å². The molecule has 2 N–H and O–H groups in total. The van der Waals surface area contributed by atoms with Gasteiger partial charge in [0.15, 0.2) is 23.3 Å². The van der Waals surface area contributed by atoms with E-state index in [1.165, 1.54) is 11.8 Å². The van der Waals surface area contributed by atoms with Crippen LogP contribution in [0.3, 0.4) is 0 Å². The van der Waals surface area contributed by atoms with E-state index in [1.54, 1.807) is 30.5 Å². The summed E-state index contributed by atoms with van der Waals surface area (Å²) in [6.07, 6.45) is 1.78. The van der Waals surface area contributed by atoms with E-state index in [2.05, 4.69) is 15.3 Å². The van der Waals surface area contributed by atoms with Crippen LogP contribution in [0, 0.1) is 18.3 Å². The molecule has 0 atom stereocenters. The number of nitrogens with zero attached hydrogens (tertiary/aromatic N) is 2. The molecule has 0 aliphatic heterocycles. The smallest absolute Gasteiger partial charge is 0.270 e. The number of rotatable bonds is 8. The largest absolute Gasteiger partial charge is 0.490 e. The molecule has 0 bridgehead atoms. The van der Waals surface area contributed by atoms with Crippen LogP contribution in [0.5, 0.6) is 11.5 Å². The lowest BCUT2D eigenvalue weighted by molar-refractivity contribution is -0.118. The Labute approximate surface area is 189 Å². The fraction of sp³-hybridized carbons (Fsp3) is 0.217. The molecule has 164 valence electrons. The van der Waals surface area contributed by atoms with Gasteiger partial charge in [-0.25, -0.2) is 4.98 Å². The van der Waals surface area contributed by atoms with E-state index >= 15 is 0 Å². The molecule has 1 heterocycles. The Morgan fingerprint density at radius 3 is 2.72 bits per heavy atom. The van der Waals surface area contributed by atoms with E-state index in [9.17, 15) is 14.9 Å². The molecule has 0 radical (unpaired) electrons. The summed E-state index contributed by atoms with van der Waals surface area (Å²) in [7, 11) is 0. The Morgan fingerprint density at radius 2 is 2.03 bits per heavy atom. The molecule has 0 unspecified atom stereocenters. The zero-order valence-corrected chi connectivity index (χ0v) is 18.7. The first kappa shape index (κ1) is 22.9. The number of H-pyrrole nitrogens is 1. The number of hydrogen-bond donors (Lipinski definition) is 2. The van der Waals surface area contributed by atoms with Crippen LogP contribution < -0.4 is 20.3 Å². The van der Waals surface area contributed by atoms with E-state index in [0.29, 0.717) is 34.5 Å². The lowest BCUT2D eigenvalue weighted by atomic mass is 10.1. The number of nitrogens with one attached hydrogen (secondary N) is 2. The standard InChI is InChI=1S/C23H22N4O4S/c1-4-30-19-11-15(21-17(12-24)22(29)27-23(26-21)32-3)8-9-18(19)31-13-20(28)25-16-7-5-6-14(2)10-16/h5-11H,4,13H2,1-3H3,(H,25,28)(H,26,27,29). The molecule has 2 aromatic carbocycles. The molecule has 0 aliphatic rings. The van der Waals surface area contributed by atoms with Crippen LogP contribution in [0.1, 0.15) is 18.1 Å². The van der Waals surface area contributed by atoms with Crippen LogP contribution in [-0.4, -0.2) is 35.3 Å². The van der Waals surface area contributed by atoms with Gasteiger partial charge < -0.3 is 19.8 Å². The summed E-state index contributed by atoms with van der Waals surface area (Å²) in [5.74, 6) is 0.434. The van der Waals surface area contributed by atoms with Crippen molar-refractivity contribution in [2.45, 2.75) is 19.0 Å². The van der Waals surface area contributed by atoms with Gasteiger partial charge in [0.05, 0.1) is 12.3 Å². The highest BCUT2D eigenvalue weighted by Gasteiger charge is 2.16. The SMILES string of the molecule is CCOc1cc(-c2nc(SC)[nH]c(=O)c2C#N)ccc1OCC(=O)Nc1cccc(C)c1. The van der Waals surface area contributed by atoms with Crippen LogP contribution in [-0.2, 0) is 4.79 Å². The third-order valence-corrected chi connectivity index (χ3v) is 4.96. The molecule has 0 saturated heterocycles. The zero-order valence-electron chi connectivity index (χ0n) is 17.9. The summed E-state index contributed by atoms with van der Waals surface area (Å²) >= 11 is 1.26. The van der Waals surface area contributed by atoms with Crippen molar-refractivity contribution < 1.29 is 14.3 Å². The second-order valence-corrected chi connectivity index (χ2v) is 7.51. The van der Waals surface area contributed by atoms with Gasteiger partial charge in [0, 0.05) is 11.3 Å². The van der Waals surface area contributed by atoms with Gasteiger partial charge in [-0.2, -0.15) is 5.26 Å². The van der Waals surface area contributed by atoms with Gasteiger partial charge in [-0.15, -0.1) is 0 Å². The number of aryl methyl sites for hydroxylation is 1. The highest BCUT2D eigenvalue weighted by atomic mass is 32.2. The van der Waals surface area contributed by atoms with Gasteiger partial charge in [-0.3, -0.25) is 9.59 Å². The summed E-state index contributed by atoms with van der Waals surface area (Å²) < 4.78 is 11.3. The maximum Gasteiger partial charge on any atom is 0.270 e. The first-order valence-corrected chi connectivity index (χ1v) is 11.0. The molecule has 9 heteroatoms. The second kappa shape index (κ2) is 10.5. The van der Waals surface area contributed by atoms with Crippen molar-refractivity contribution in [2.24, 2.45) is 0 Å². The maximum absolute atomic E-state index is 12.3. The minimum atomic E-state index is -0.507. The molecular formula is C23H22N4O4S. The fourth-order valence-corrected chi connectivity index (χ4v) is 3.35. The van der Waals surface area contributed by atoms with Gasteiger partial charge in [0.25, 0.3) is 11.5 Å². The first-order valence-electron chi connectivity index (χ1n) is 9.80. The quantitative estimate of drug-likeness (QED) is 0.396. The summed E-state index contributed by atoms with van der Waals surface area (Å²) in [6.45, 7) is 3.91. The molecule has 1 aromatic heterocycles. The predicted molar refractivity (Wildman–Crippen MR) is 123 cm³/mol. The number of benzene rings is 2. The fourth-order valence-electron chi connectivity index (χ4n) is 2.97. The van der Waals surface area contributed by atoms with Gasteiger partial charge >= 0.3 is 0 Å². The van der Waals surface area contributed by atoms with Crippen LogP contribution >= 0.6 is 11.8 Å². The third-order valence-electron chi connectivity index (χ3n) is 4.38. The first-order chi connectivity index (χ1) is 15.4. The second-order valence-electron chi connectivity index (χ2n) is 6.71.